The zero-order valence-electron chi connectivity index (χ0n) is 10.2. The van der Waals surface area contributed by atoms with Crippen LogP contribution in [-0.4, -0.2) is 16.0 Å². The third-order valence-electron chi connectivity index (χ3n) is 3.10. The Morgan fingerprint density at radius 3 is 2.94 bits per heavy atom. The van der Waals surface area contributed by atoms with Crippen LogP contribution in [0, 0.1) is 13.8 Å². The molecule has 0 atom stereocenters. The van der Waals surface area contributed by atoms with Gasteiger partial charge in [-0.1, -0.05) is 0 Å². The average Bonchev–Trinajstić information content (AvgIpc) is 2.90. The Morgan fingerprint density at radius 2 is 2.29 bits per heavy atom. The summed E-state index contributed by atoms with van der Waals surface area (Å²) in [5.74, 6) is 2.86. The molecule has 17 heavy (non-hydrogen) atoms. The number of hydrogen-bond acceptors (Lipinski definition) is 3. The number of aromatic amines is 1. The number of furan rings is 1. The first-order valence-corrected chi connectivity index (χ1v) is 6.07. The van der Waals surface area contributed by atoms with Gasteiger partial charge in [0.05, 0.1) is 18.4 Å². The minimum absolute atomic E-state index is 0.710. The van der Waals surface area contributed by atoms with Gasteiger partial charge in [0.25, 0.3) is 0 Å². The quantitative estimate of drug-likeness (QED) is 0.850. The lowest BCUT2D eigenvalue weighted by Crippen LogP contribution is -2.16. The number of hydrogen-bond donors (Lipinski definition) is 2. The molecule has 0 bridgehead atoms. The predicted molar refractivity (Wildman–Crippen MR) is 65.6 cm³/mol. The number of imidazole rings is 1. The van der Waals surface area contributed by atoms with Crippen LogP contribution in [0.4, 0.5) is 0 Å². The van der Waals surface area contributed by atoms with E-state index in [1.165, 1.54) is 12.8 Å². The lowest BCUT2D eigenvalue weighted by molar-refractivity contribution is 0.505. The SMILES string of the molecule is Cc1cc(-c2cnc(CNC3CC3)[nH]2)c(C)o1. The molecule has 90 valence electrons. The van der Waals surface area contributed by atoms with Crippen LogP contribution < -0.4 is 5.32 Å². The van der Waals surface area contributed by atoms with Gasteiger partial charge in [-0.15, -0.1) is 0 Å². The second-order valence-corrected chi connectivity index (χ2v) is 4.73. The van der Waals surface area contributed by atoms with Gasteiger partial charge < -0.3 is 14.7 Å². The smallest absolute Gasteiger partial charge is 0.120 e. The first-order valence-electron chi connectivity index (χ1n) is 6.07. The molecule has 1 saturated carbocycles. The molecule has 0 aromatic carbocycles. The van der Waals surface area contributed by atoms with Crippen LogP contribution in [0.2, 0.25) is 0 Å². The summed E-state index contributed by atoms with van der Waals surface area (Å²) < 4.78 is 5.52. The molecule has 4 nitrogen and oxygen atoms in total. The van der Waals surface area contributed by atoms with Crippen molar-refractivity contribution < 1.29 is 4.42 Å². The molecule has 2 heterocycles. The van der Waals surface area contributed by atoms with E-state index in [4.69, 9.17) is 4.42 Å². The average molecular weight is 231 g/mol. The summed E-state index contributed by atoms with van der Waals surface area (Å²) in [5, 5.41) is 3.44. The van der Waals surface area contributed by atoms with Gasteiger partial charge in [-0.2, -0.15) is 0 Å². The highest BCUT2D eigenvalue weighted by Crippen LogP contribution is 2.25. The highest BCUT2D eigenvalue weighted by atomic mass is 16.3. The van der Waals surface area contributed by atoms with E-state index in [-0.39, 0.29) is 0 Å². The van der Waals surface area contributed by atoms with Gasteiger partial charge in [0.15, 0.2) is 0 Å². The maximum Gasteiger partial charge on any atom is 0.120 e. The summed E-state index contributed by atoms with van der Waals surface area (Å²) in [7, 11) is 0. The van der Waals surface area contributed by atoms with Crippen LogP contribution >= 0.6 is 0 Å². The fraction of sp³-hybridized carbons (Fsp3) is 0.462. The summed E-state index contributed by atoms with van der Waals surface area (Å²) in [6, 6.07) is 2.75. The Balaban J connectivity index is 1.76. The molecule has 0 spiro atoms. The van der Waals surface area contributed by atoms with Crippen molar-refractivity contribution in [2.45, 2.75) is 39.3 Å². The molecule has 2 N–H and O–H groups in total. The highest BCUT2D eigenvalue weighted by Gasteiger charge is 2.20. The van der Waals surface area contributed by atoms with Crippen molar-refractivity contribution in [1.29, 1.82) is 0 Å². The van der Waals surface area contributed by atoms with Gasteiger partial charge in [-0.25, -0.2) is 4.98 Å². The van der Waals surface area contributed by atoms with Gasteiger partial charge in [0, 0.05) is 11.6 Å². The molecule has 0 amide bonds. The lowest BCUT2D eigenvalue weighted by Gasteiger charge is -1.98. The monoisotopic (exact) mass is 231 g/mol. The maximum atomic E-state index is 5.52. The summed E-state index contributed by atoms with van der Waals surface area (Å²) in [4.78, 5) is 7.72. The second-order valence-electron chi connectivity index (χ2n) is 4.73. The van der Waals surface area contributed by atoms with Crippen molar-refractivity contribution in [2.24, 2.45) is 0 Å². The van der Waals surface area contributed by atoms with Crippen LogP contribution in [0.3, 0.4) is 0 Å². The van der Waals surface area contributed by atoms with Gasteiger partial charge >= 0.3 is 0 Å². The predicted octanol–water partition coefficient (Wildman–Crippen LogP) is 2.54. The lowest BCUT2D eigenvalue weighted by atomic mass is 10.2. The van der Waals surface area contributed by atoms with E-state index < -0.39 is 0 Å². The summed E-state index contributed by atoms with van der Waals surface area (Å²) in [5.41, 5.74) is 2.14. The minimum atomic E-state index is 0.710. The van der Waals surface area contributed by atoms with E-state index >= 15 is 0 Å². The molecule has 1 aliphatic carbocycles. The fourth-order valence-electron chi connectivity index (χ4n) is 2.02. The molecule has 2 aromatic rings. The van der Waals surface area contributed by atoms with E-state index in [9.17, 15) is 0 Å². The van der Waals surface area contributed by atoms with E-state index in [2.05, 4.69) is 15.3 Å². The molecule has 0 aliphatic heterocycles. The van der Waals surface area contributed by atoms with Crippen molar-refractivity contribution in [3.63, 3.8) is 0 Å². The standard InChI is InChI=1S/C13H17N3O/c1-8-5-11(9(2)17-8)12-6-15-13(16-12)7-14-10-3-4-10/h5-6,10,14H,3-4,7H2,1-2H3,(H,15,16). The fourth-order valence-corrected chi connectivity index (χ4v) is 2.02. The van der Waals surface area contributed by atoms with Crippen molar-refractivity contribution in [1.82, 2.24) is 15.3 Å². The minimum Gasteiger partial charge on any atom is -0.466 e. The molecular weight excluding hydrogens is 214 g/mol. The Bertz CT molecular complexity index is 523. The zero-order chi connectivity index (χ0) is 11.8. The van der Waals surface area contributed by atoms with Gasteiger partial charge in [-0.05, 0) is 32.8 Å². The molecule has 2 aromatic heterocycles. The largest absolute Gasteiger partial charge is 0.466 e. The Kier molecular flexibility index (Phi) is 2.52. The van der Waals surface area contributed by atoms with Crippen LogP contribution in [0.1, 0.15) is 30.2 Å². The molecule has 4 heteroatoms. The topological polar surface area (TPSA) is 53.9 Å². The van der Waals surface area contributed by atoms with Crippen molar-refractivity contribution in [2.75, 3.05) is 0 Å². The van der Waals surface area contributed by atoms with E-state index in [1.54, 1.807) is 0 Å². The summed E-state index contributed by atoms with van der Waals surface area (Å²) >= 11 is 0. The number of H-pyrrole nitrogens is 1. The molecule has 1 aliphatic rings. The van der Waals surface area contributed by atoms with Crippen LogP contribution in [-0.2, 0) is 6.54 Å². The number of aromatic nitrogens is 2. The molecule has 0 saturated heterocycles. The molecule has 0 unspecified atom stereocenters. The van der Waals surface area contributed by atoms with E-state index in [1.807, 2.05) is 26.1 Å². The van der Waals surface area contributed by atoms with Crippen LogP contribution in [0.5, 0.6) is 0 Å². The van der Waals surface area contributed by atoms with Crippen LogP contribution in [0.15, 0.2) is 16.7 Å². The van der Waals surface area contributed by atoms with Crippen molar-refractivity contribution in [3.05, 3.63) is 29.6 Å². The normalized spacial score (nSPS) is 15.4. The number of aryl methyl sites for hydroxylation is 2. The maximum absolute atomic E-state index is 5.52. The van der Waals surface area contributed by atoms with Gasteiger partial charge in [0.1, 0.15) is 17.3 Å². The number of rotatable bonds is 4. The molecule has 0 radical (unpaired) electrons. The van der Waals surface area contributed by atoms with E-state index in [0.717, 1.165) is 35.1 Å². The molecule has 1 fully saturated rings. The first-order chi connectivity index (χ1) is 8.22. The van der Waals surface area contributed by atoms with Crippen LogP contribution in [0.25, 0.3) is 11.3 Å². The third kappa shape index (κ3) is 2.26. The summed E-state index contributed by atoms with van der Waals surface area (Å²) in [6.07, 6.45) is 4.47. The Morgan fingerprint density at radius 1 is 1.47 bits per heavy atom. The van der Waals surface area contributed by atoms with Gasteiger partial charge in [-0.3, -0.25) is 0 Å². The van der Waals surface area contributed by atoms with Crippen molar-refractivity contribution >= 4 is 0 Å². The zero-order valence-corrected chi connectivity index (χ0v) is 10.2. The number of nitrogens with zero attached hydrogens (tertiary/aromatic N) is 1. The third-order valence-corrected chi connectivity index (χ3v) is 3.10. The summed E-state index contributed by atoms with van der Waals surface area (Å²) in [6.45, 7) is 4.76. The molecular formula is C13H17N3O. The Labute approximate surface area is 100 Å². The molecule has 3 rings (SSSR count). The highest BCUT2D eigenvalue weighted by molar-refractivity contribution is 5.61. The number of nitrogens with one attached hydrogen (secondary N) is 2. The van der Waals surface area contributed by atoms with E-state index in [0.29, 0.717) is 6.04 Å². The second kappa shape index (κ2) is 4.04. The van der Waals surface area contributed by atoms with Crippen molar-refractivity contribution in [3.8, 4) is 11.3 Å². The van der Waals surface area contributed by atoms with Gasteiger partial charge in [0.2, 0.25) is 0 Å². The first kappa shape index (κ1) is 10.6. The Hall–Kier alpha value is -1.55.